The van der Waals surface area contributed by atoms with Gasteiger partial charge in [-0.05, 0) is 34.7 Å². The Hall–Kier alpha value is -2.20. The Morgan fingerprint density at radius 2 is 1.16 bits per heavy atom. The lowest BCUT2D eigenvalue weighted by atomic mass is 10.1. The summed E-state index contributed by atoms with van der Waals surface area (Å²) >= 11 is 0. The molecule has 0 amide bonds. The SMILES string of the molecule is C=Cc1ccc(CNCC(CN)CNCc2ccc(C=C)cc2)cc1. The molecule has 2 aromatic rings. The van der Waals surface area contributed by atoms with Crippen molar-refractivity contribution in [3.8, 4) is 0 Å². The molecule has 0 aromatic heterocycles. The normalized spacial score (nSPS) is 10.8. The van der Waals surface area contributed by atoms with Crippen LogP contribution in [0.15, 0.2) is 61.7 Å². The molecular weight excluding hydrogens is 306 g/mol. The Kier molecular flexibility index (Phi) is 8.13. The predicted molar refractivity (Wildman–Crippen MR) is 109 cm³/mol. The van der Waals surface area contributed by atoms with Crippen LogP contribution in [0.1, 0.15) is 22.3 Å². The Labute approximate surface area is 151 Å². The first-order chi connectivity index (χ1) is 12.2. The van der Waals surface area contributed by atoms with Gasteiger partial charge >= 0.3 is 0 Å². The molecule has 4 N–H and O–H groups in total. The quantitative estimate of drug-likeness (QED) is 0.590. The van der Waals surface area contributed by atoms with Crippen LogP contribution in [-0.4, -0.2) is 19.6 Å². The number of hydrogen-bond donors (Lipinski definition) is 3. The van der Waals surface area contributed by atoms with Crippen LogP contribution in [0.2, 0.25) is 0 Å². The van der Waals surface area contributed by atoms with E-state index < -0.39 is 0 Å². The van der Waals surface area contributed by atoms with Crippen molar-refractivity contribution in [1.29, 1.82) is 0 Å². The van der Waals surface area contributed by atoms with E-state index in [2.05, 4.69) is 72.3 Å². The van der Waals surface area contributed by atoms with E-state index in [1.165, 1.54) is 11.1 Å². The van der Waals surface area contributed by atoms with Gasteiger partial charge in [-0.2, -0.15) is 0 Å². The van der Waals surface area contributed by atoms with E-state index in [-0.39, 0.29) is 0 Å². The predicted octanol–water partition coefficient (Wildman–Crippen LogP) is 3.43. The molecular formula is C22H29N3. The van der Waals surface area contributed by atoms with Gasteiger partial charge in [0.2, 0.25) is 0 Å². The summed E-state index contributed by atoms with van der Waals surface area (Å²) in [5.74, 6) is 0.417. The Morgan fingerprint density at radius 1 is 0.760 bits per heavy atom. The molecule has 3 nitrogen and oxygen atoms in total. The molecule has 0 saturated heterocycles. The minimum Gasteiger partial charge on any atom is -0.330 e. The zero-order valence-corrected chi connectivity index (χ0v) is 14.9. The van der Waals surface area contributed by atoms with E-state index in [0.717, 1.165) is 37.3 Å². The fourth-order valence-electron chi connectivity index (χ4n) is 2.62. The maximum Gasteiger partial charge on any atom is 0.0205 e. The van der Waals surface area contributed by atoms with Crippen molar-refractivity contribution < 1.29 is 0 Å². The maximum atomic E-state index is 5.91. The third-order valence-corrected chi connectivity index (χ3v) is 4.29. The lowest BCUT2D eigenvalue weighted by Gasteiger charge is -2.17. The summed E-state index contributed by atoms with van der Waals surface area (Å²) in [5, 5.41) is 6.99. The monoisotopic (exact) mass is 335 g/mol. The fourth-order valence-corrected chi connectivity index (χ4v) is 2.62. The largest absolute Gasteiger partial charge is 0.330 e. The van der Waals surface area contributed by atoms with E-state index in [9.17, 15) is 0 Å². The van der Waals surface area contributed by atoms with Gasteiger partial charge in [-0.25, -0.2) is 0 Å². The van der Waals surface area contributed by atoms with Gasteiger partial charge in [-0.15, -0.1) is 0 Å². The third-order valence-electron chi connectivity index (χ3n) is 4.29. The maximum absolute atomic E-state index is 5.91. The van der Waals surface area contributed by atoms with E-state index in [4.69, 9.17) is 5.73 Å². The van der Waals surface area contributed by atoms with Gasteiger partial charge in [0.1, 0.15) is 0 Å². The van der Waals surface area contributed by atoms with Crippen molar-refractivity contribution in [3.63, 3.8) is 0 Å². The summed E-state index contributed by atoms with van der Waals surface area (Å²) in [4.78, 5) is 0. The number of hydrogen-bond acceptors (Lipinski definition) is 3. The molecule has 0 saturated carbocycles. The van der Waals surface area contributed by atoms with Crippen molar-refractivity contribution in [2.45, 2.75) is 13.1 Å². The molecule has 0 aliphatic carbocycles. The van der Waals surface area contributed by atoms with Crippen molar-refractivity contribution in [3.05, 3.63) is 83.9 Å². The molecule has 0 heterocycles. The lowest BCUT2D eigenvalue weighted by molar-refractivity contribution is 0.448. The molecule has 2 aromatic carbocycles. The second-order valence-corrected chi connectivity index (χ2v) is 6.25. The molecule has 0 aliphatic heterocycles. The van der Waals surface area contributed by atoms with Gasteiger partial charge in [0.05, 0.1) is 0 Å². The molecule has 0 fully saturated rings. The molecule has 0 atom stereocenters. The zero-order chi connectivity index (χ0) is 17.9. The molecule has 0 bridgehead atoms. The lowest BCUT2D eigenvalue weighted by Crippen LogP contribution is -2.35. The van der Waals surface area contributed by atoms with Crippen LogP contribution in [0.25, 0.3) is 12.2 Å². The molecule has 2 rings (SSSR count). The average Bonchev–Trinajstić information content (AvgIpc) is 2.67. The minimum absolute atomic E-state index is 0.417. The van der Waals surface area contributed by atoms with Crippen LogP contribution in [0, 0.1) is 5.92 Å². The number of benzene rings is 2. The van der Waals surface area contributed by atoms with E-state index in [1.807, 2.05) is 12.2 Å². The zero-order valence-electron chi connectivity index (χ0n) is 14.9. The Balaban J connectivity index is 1.68. The summed E-state index contributed by atoms with van der Waals surface area (Å²) in [7, 11) is 0. The van der Waals surface area contributed by atoms with Crippen LogP contribution >= 0.6 is 0 Å². The molecule has 0 unspecified atom stereocenters. The van der Waals surface area contributed by atoms with Crippen molar-refractivity contribution in [1.82, 2.24) is 10.6 Å². The van der Waals surface area contributed by atoms with E-state index in [0.29, 0.717) is 12.5 Å². The fraction of sp³-hybridized carbons (Fsp3) is 0.273. The summed E-state index contributed by atoms with van der Waals surface area (Å²) in [6, 6.07) is 16.9. The van der Waals surface area contributed by atoms with Gasteiger partial charge in [0, 0.05) is 26.2 Å². The van der Waals surface area contributed by atoms with Crippen molar-refractivity contribution >= 4 is 12.2 Å². The molecule has 3 heteroatoms. The highest BCUT2D eigenvalue weighted by Gasteiger charge is 2.06. The Bertz CT molecular complexity index is 586. The van der Waals surface area contributed by atoms with Gasteiger partial charge in [-0.3, -0.25) is 0 Å². The molecule has 132 valence electrons. The summed E-state index contributed by atoms with van der Waals surface area (Å²) in [6.07, 6.45) is 3.72. The highest BCUT2D eigenvalue weighted by atomic mass is 14.9. The molecule has 0 spiro atoms. The number of nitrogens with one attached hydrogen (secondary N) is 2. The summed E-state index contributed by atoms with van der Waals surface area (Å²) in [5.41, 5.74) is 10.7. The van der Waals surface area contributed by atoms with Gasteiger partial charge in [0.25, 0.3) is 0 Å². The summed E-state index contributed by atoms with van der Waals surface area (Å²) in [6.45, 7) is 11.7. The highest BCUT2D eigenvalue weighted by Crippen LogP contribution is 2.06. The first-order valence-corrected chi connectivity index (χ1v) is 8.79. The first-order valence-electron chi connectivity index (χ1n) is 8.79. The highest BCUT2D eigenvalue weighted by molar-refractivity contribution is 5.47. The second kappa shape index (κ2) is 10.6. The van der Waals surface area contributed by atoms with Gasteiger partial charge < -0.3 is 16.4 Å². The van der Waals surface area contributed by atoms with Gasteiger partial charge in [-0.1, -0.05) is 73.8 Å². The van der Waals surface area contributed by atoms with E-state index >= 15 is 0 Å². The van der Waals surface area contributed by atoms with Crippen LogP contribution in [0.4, 0.5) is 0 Å². The number of nitrogens with two attached hydrogens (primary N) is 1. The van der Waals surface area contributed by atoms with E-state index in [1.54, 1.807) is 0 Å². The average molecular weight is 335 g/mol. The smallest absolute Gasteiger partial charge is 0.0205 e. The van der Waals surface area contributed by atoms with Crippen LogP contribution in [-0.2, 0) is 13.1 Å². The van der Waals surface area contributed by atoms with Crippen molar-refractivity contribution in [2.24, 2.45) is 11.7 Å². The topological polar surface area (TPSA) is 50.1 Å². The molecule has 25 heavy (non-hydrogen) atoms. The first kappa shape index (κ1) is 19.1. The molecule has 0 radical (unpaired) electrons. The van der Waals surface area contributed by atoms with Crippen LogP contribution in [0.3, 0.4) is 0 Å². The third kappa shape index (κ3) is 6.67. The van der Waals surface area contributed by atoms with Gasteiger partial charge in [0.15, 0.2) is 0 Å². The standard InChI is InChI=1S/C22H29N3/c1-3-18-5-9-20(10-6-18)14-24-16-22(13-23)17-25-15-21-11-7-19(4-2)8-12-21/h3-12,22,24-25H,1-2,13-17,23H2. The Morgan fingerprint density at radius 3 is 1.48 bits per heavy atom. The summed E-state index contributed by atoms with van der Waals surface area (Å²) < 4.78 is 0. The minimum atomic E-state index is 0.417. The molecule has 0 aliphatic rings. The number of rotatable bonds is 11. The second-order valence-electron chi connectivity index (χ2n) is 6.25. The van der Waals surface area contributed by atoms with Crippen LogP contribution in [0.5, 0.6) is 0 Å². The van der Waals surface area contributed by atoms with Crippen LogP contribution < -0.4 is 16.4 Å². The van der Waals surface area contributed by atoms with Crippen molar-refractivity contribution in [2.75, 3.05) is 19.6 Å².